The van der Waals surface area contributed by atoms with Crippen LogP contribution in [-0.2, 0) is 0 Å². The smallest absolute Gasteiger partial charge is 0.166 e. The van der Waals surface area contributed by atoms with Gasteiger partial charge in [0.05, 0.1) is 23.0 Å². The van der Waals surface area contributed by atoms with E-state index < -0.39 is 0 Å². The number of carbonyl (C=O) groups is 1. The summed E-state index contributed by atoms with van der Waals surface area (Å²) in [5.41, 5.74) is 3.80. The minimum Gasteiger partial charge on any atom is -0.452 e. The molecular weight excluding hydrogens is 322 g/mol. The van der Waals surface area contributed by atoms with Gasteiger partial charge >= 0.3 is 0 Å². The lowest BCUT2D eigenvalue weighted by molar-refractivity contribution is 0.0986. The number of fused-ring (bicyclic) bond motifs is 2. The summed E-state index contributed by atoms with van der Waals surface area (Å²) in [4.78, 5) is 14.7. The van der Waals surface area contributed by atoms with Crippen LogP contribution >= 0.6 is 0 Å². The molecule has 130 valence electrons. The summed E-state index contributed by atoms with van der Waals surface area (Å²) in [6.45, 7) is 4.05. The van der Waals surface area contributed by atoms with E-state index in [-0.39, 0.29) is 11.8 Å². The number of anilines is 2. The van der Waals surface area contributed by atoms with Crippen molar-refractivity contribution in [2.75, 3.05) is 4.90 Å². The zero-order valence-electron chi connectivity index (χ0n) is 15.0. The number of ketones is 1. The largest absolute Gasteiger partial charge is 0.452 e. The number of para-hydroxylation sites is 3. The first kappa shape index (κ1) is 16.4. The van der Waals surface area contributed by atoms with E-state index in [4.69, 9.17) is 4.74 Å². The quantitative estimate of drug-likeness (QED) is 0.522. The fraction of sp³-hybridized carbons (Fsp3) is 0.174. The van der Waals surface area contributed by atoms with Crippen LogP contribution in [0, 0.1) is 0 Å². The second-order valence-corrected chi connectivity index (χ2v) is 6.46. The van der Waals surface area contributed by atoms with E-state index in [9.17, 15) is 4.79 Å². The van der Waals surface area contributed by atoms with E-state index in [1.807, 2.05) is 49.4 Å². The second-order valence-electron chi connectivity index (χ2n) is 6.46. The molecule has 0 aliphatic carbocycles. The molecule has 3 nitrogen and oxygen atoms in total. The van der Waals surface area contributed by atoms with Gasteiger partial charge in [-0.25, -0.2) is 0 Å². The van der Waals surface area contributed by atoms with Gasteiger partial charge < -0.3 is 9.64 Å². The van der Waals surface area contributed by atoms with E-state index in [1.54, 1.807) is 0 Å². The molecule has 1 unspecified atom stereocenters. The molecule has 0 aromatic heterocycles. The number of nitrogens with zero attached hydrogens (tertiary/aromatic N) is 1. The summed E-state index contributed by atoms with van der Waals surface area (Å²) in [7, 11) is 0. The van der Waals surface area contributed by atoms with Crippen LogP contribution < -0.4 is 9.64 Å². The van der Waals surface area contributed by atoms with Crippen molar-refractivity contribution < 1.29 is 9.53 Å². The van der Waals surface area contributed by atoms with Crippen LogP contribution in [0.15, 0.2) is 72.8 Å². The molecule has 1 aliphatic rings. The van der Waals surface area contributed by atoms with Crippen molar-refractivity contribution in [3.8, 4) is 11.5 Å². The first-order chi connectivity index (χ1) is 12.7. The molecule has 26 heavy (non-hydrogen) atoms. The summed E-state index contributed by atoms with van der Waals surface area (Å²) >= 11 is 0. The number of Topliss-reactive ketones (excluding diaryl/α,β-unsaturated/α-hetero) is 1. The third kappa shape index (κ3) is 2.66. The Morgan fingerprint density at radius 1 is 0.923 bits per heavy atom. The standard InChI is InChI=1S/C23H21NO2/c1-3-21(25)18-12-9-14-20-23(18)26-22-15-8-7-13-19(22)24(20)16(2)17-10-5-4-6-11-17/h4-16H,3H2,1-2H3. The minimum absolute atomic E-state index is 0.0912. The van der Waals surface area contributed by atoms with Gasteiger partial charge in [-0.2, -0.15) is 0 Å². The van der Waals surface area contributed by atoms with E-state index in [2.05, 4.69) is 42.2 Å². The van der Waals surface area contributed by atoms with E-state index in [0.717, 1.165) is 17.1 Å². The van der Waals surface area contributed by atoms with Crippen molar-refractivity contribution >= 4 is 17.2 Å². The number of rotatable bonds is 4. The maximum absolute atomic E-state index is 12.4. The highest BCUT2D eigenvalue weighted by atomic mass is 16.5. The van der Waals surface area contributed by atoms with Gasteiger partial charge in [0.15, 0.2) is 17.3 Å². The average molecular weight is 343 g/mol. The topological polar surface area (TPSA) is 29.5 Å². The zero-order valence-corrected chi connectivity index (χ0v) is 15.0. The zero-order chi connectivity index (χ0) is 18.1. The van der Waals surface area contributed by atoms with E-state index in [0.29, 0.717) is 17.7 Å². The third-order valence-electron chi connectivity index (χ3n) is 4.88. The Kier molecular flexibility index (Phi) is 4.21. The maximum atomic E-state index is 12.4. The van der Waals surface area contributed by atoms with Crippen LogP contribution in [0.25, 0.3) is 0 Å². The van der Waals surface area contributed by atoms with E-state index in [1.165, 1.54) is 5.56 Å². The van der Waals surface area contributed by atoms with Gasteiger partial charge in [0.1, 0.15) is 0 Å². The van der Waals surface area contributed by atoms with Crippen molar-refractivity contribution in [3.63, 3.8) is 0 Å². The fourth-order valence-corrected chi connectivity index (χ4v) is 3.51. The maximum Gasteiger partial charge on any atom is 0.166 e. The Balaban J connectivity index is 1.91. The number of hydrogen-bond donors (Lipinski definition) is 0. The lowest BCUT2D eigenvalue weighted by atomic mass is 10.00. The van der Waals surface area contributed by atoms with Crippen LogP contribution in [0.5, 0.6) is 11.5 Å². The van der Waals surface area contributed by atoms with Gasteiger partial charge in [0, 0.05) is 6.42 Å². The Labute approximate surface area is 153 Å². The molecule has 0 amide bonds. The van der Waals surface area contributed by atoms with Crippen LogP contribution in [-0.4, -0.2) is 5.78 Å². The third-order valence-corrected chi connectivity index (χ3v) is 4.88. The molecular formula is C23H21NO2. The monoisotopic (exact) mass is 343 g/mol. The highest BCUT2D eigenvalue weighted by Gasteiger charge is 2.31. The second kappa shape index (κ2) is 6.68. The number of benzene rings is 3. The van der Waals surface area contributed by atoms with Crippen molar-refractivity contribution in [2.45, 2.75) is 26.3 Å². The molecule has 0 saturated heterocycles. The Morgan fingerprint density at radius 2 is 1.62 bits per heavy atom. The van der Waals surface area contributed by atoms with Gasteiger partial charge in [0.25, 0.3) is 0 Å². The molecule has 3 aromatic carbocycles. The first-order valence-electron chi connectivity index (χ1n) is 8.98. The summed E-state index contributed by atoms with van der Waals surface area (Å²) < 4.78 is 6.19. The molecule has 3 aromatic rings. The fourth-order valence-electron chi connectivity index (χ4n) is 3.51. The Morgan fingerprint density at radius 3 is 2.38 bits per heavy atom. The van der Waals surface area contributed by atoms with Crippen molar-refractivity contribution in [1.29, 1.82) is 0 Å². The minimum atomic E-state index is 0.0912. The average Bonchev–Trinajstić information content (AvgIpc) is 2.71. The van der Waals surface area contributed by atoms with Crippen molar-refractivity contribution in [1.82, 2.24) is 0 Å². The molecule has 3 heteroatoms. The number of hydrogen-bond acceptors (Lipinski definition) is 3. The molecule has 1 aliphatic heterocycles. The summed E-state index contributed by atoms with van der Waals surface area (Å²) in [5, 5.41) is 0. The molecule has 1 heterocycles. The molecule has 0 saturated carbocycles. The normalized spacial score (nSPS) is 13.4. The Hall–Kier alpha value is -3.07. The molecule has 0 radical (unpaired) electrons. The summed E-state index contributed by atoms with van der Waals surface area (Å²) in [6, 6.07) is 24.3. The van der Waals surface area contributed by atoms with Gasteiger partial charge in [-0.1, -0.05) is 55.5 Å². The predicted molar refractivity (Wildman–Crippen MR) is 105 cm³/mol. The van der Waals surface area contributed by atoms with Crippen LogP contribution in [0.3, 0.4) is 0 Å². The van der Waals surface area contributed by atoms with Crippen LogP contribution in [0.1, 0.15) is 42.2 Å². The molecule has 0 spiro atoms. The van der Waals surface area contributed by atoms with Crippen molar-refractivity contribution in [3.05, 3.63) is 83.9 Å². The summed E-state index contributed by atoms with van der Waals surface area (Å²) in [5.74, 6) is 1.52. The highest BCUT2D eigenvalue weighted by Crippen LogP contribution is 2.51. The molecule has 0 N–H and O–H groups in total. The van der Waals surface area contributed by atoms with Crippen molar-refractivity contribution in [2.24, 2.45) is 0 Å². The summed E-state index contributed by atoms with van der Waals surface area (Å²) in [6.07, 6.45) is 0.454. The first-order valence-corrected chi connectivity index (χ1v) is 8.98. The number of ether oxygens (including phenoxy) is 1. The molecule has 4 rings (SSSR count). The molecule has 1 atom stereocenters. The van der Waals surface area contributed by atoms with Crippen LogP contribution in [0.2, 0.25) is 0 Å². The van der Waals surface area contributed by atoms with Gasteiger partial charge in [0.2, 0.25) is 0 Å². The van der Waals surface area contributed by atoms with E-state index >= 15 is 0 Å². The predicted octanol–water partition coefficient (Wildman–Crippen LogP) is 6.28. The van der Waals surface area contributed by atoms with Gasteiger partial charge in [-0.3, -0.25) is 4.79 Å². The van der Waals surface area contributed by atoms with Crippen LogP contribution in [0.4, 0.5) is 11.4 Å². The number of carbonyl (C=O) groups excluding carboxylic acids is 1. The Bertz CT molecular complexity index is 949. The highest BCUT2D eigenvalue weighted by molar-refractivity contribution is 6.01. The molecule has 0 bridgehead atoms. The van der Waals surface area contributed by atoms with Gasteiger partial charge in [-0.15, -0.1) is 0 Å². The molecule has 0 fully saturated rings. The lowest BCUT2D eigenvalue weighted by Crippen LogP contribution is -2.25. The lowest BCUT2D eigenvalue weighted by Gasteiger charge is -2.37. The SMILES string of the molecule is CCC(=O)c1cccc2c1Oc1ccccc1N2C(C)c1ccccc1. The van der Waals surface area contributed by atoms with Gasteiger partial charge in [-0.05, 0) is 36.8 Å².